The molecule has 0 atom stereocenters. The van der Waals surface area contributed by atoms with Gasteiger partial charge in [-0.3, -0.25) is 0 Å². The number of rotatable bonds is 6. The van der Waals surface area contributed by atoms with Crippen molar-refractivity contribution in [1.29, 1.82) is 0 Å². The second kappa shape index (κ2) is 7.84. The summed E-state index contributed by atoms with van der Waals surface area (Å²) in [6, 6.07) is 26.4. The van der Waals surface area contributed by atoms with Crippen LogP contribution in [0.3, 0.4) is 0 Å². The number of anilines is 1. The maximum Gasteiger partial charge on any atom is 0.124 e. The van der Waals surface area contributed by atoms with Crippen molar-refractivity contribution in [3.05, 3.63) is 94.5 Å². The molecule has 0 saturated carbocycles. The fraction of sp³-hybridized carbons (Fsp3) is 0.100. The standard InChI is InChI=1S/C20H18BrNO/c21-19-12-6-4-9-17(19)15-23-20-13-7-5-8-16(20)14-22-18-10-2-1-3-11-18/h1-13,22H,14-15H2. The van der Waals surface area contributed by atoms with Gasteiger partial charge in [0.15, 0.2) is 0 Å². The lowest BCUT2D eigenvalue weighted by Gasteiger charge is -2.13. The van der Waals surface area contributed by atoms with E-state index in [9.17, 15) is 0 Å². The van der Waals surface area contributed by atoms with Crippen molar-refractivity contribution in [2.24, 2.45) is 0 Å². The summed E-state index contributed by atoms with van der Waals surface area (Å²) in [5.74, 6) is 0.909. The van der Waals surface area contributed by atoms with E-state index >= 15 is 0 Å². The molecule has 23 heavy (non-hydrogen) atoms. The highest BCUT2D eigenvalue weighted by molar-refractivity contribution is 9.10. The van der Waals surface area contributed by atoms with Gasteiger partial charge in [0.25, 0.3) is 0 Å². The van der Waals surface area contributed by atoms with E-state index in [-0.39, 0.29) is 0 Å². The Morgan fingerprint density at radius 1 is 0.739 bits per heavy atom. The van der Waals surface area contributed by atoms with Crippen molar-refractivity contribution in [2.45, 2.75) is 13.2 Å². The van der Waals surface area contributed by atoms with Gasteiger partial charge in [0, 0.05) is 27.8 Å². The molecule has 1 N–H and O–H groups in total. The van der Waals surface area contributed by atoms with Gasteiger partial charge in [0.2, 0.25) is 0 Å². The van der Waals surface area contributed by atoms with E-state index in [1.54, 1.807) is 0 Å². The second-order valence-electron chi connectivity index (χ2n) is 5.21. The van der Waals surface area contributed by atoms with Gasteiger partial charge < -0.3 is 10.1 Å². The third-order valence-corrected chi connectivity index (χ3v) is 4.34. The highest BCUT2D eigenvalue weighted by Crippen LogP contribution is 2.23. The Hall–Kier alpha value is -2.26. The summed E-state index contributed by atoms with van der Waals surface area (Å²) in [5.41, 5.74) is 3.38. The number of para-hydroxylation sites is 2. The summed E-state index contributed by atoms with van der Waals surface area (Å²) in [4.78, 5) is 0. The zero-order valence-electron chi connectivity index (χ0n) is 12.7. The fourth-order valence-electron chi connectivity index (χ4n) is 2.31. The van der Waals surface area contributed by atoms with Crippen LogP contribution < -0.4 is 10.1 Å². The van der Waals surface area contributed by atoms with Crippen molar-refractivity contribution < 1.29 is 4.74 Å². The Balaban J connectivity index is 1.67. The molecule has 0 amide bonds. The molecule has 3 rings (SSSR count). The van der Waals surface area contributed by atoms with E-state index in [1.807, 2.05) is 54.6 Å². The monoisotopic (exact) mass is 367 g/mol. The first-order chi connectivity index (χ1) is 11.3. The number of halogens is 1. The lowest BCUT2D eigenvalue weighted by molar-refractivity contribution is 0.302. The highest BCUT2D eigenvalue weighted by atomic mass is 79.9. The van der Waals surface area contributed by atoms with Crippen LogP contribution in [0.4, 0.5) is 5.69 Å². The largest absolute Gasteiger partial charge is 0.489 e. The zero-order chi connectivity index (χ0) is 15.9. The zero-order valence-corrected chi connectivity index (χ0v) is 14.3. The molecule has 0 unspecified atom stereocenters. The number of ether oxygens (including phenoxy) is 1. The van der Waals surface area contributed by atoms with Crippen LogP contribution in [0.25, 0.3) is 0 Å². The third-order valence-electron chi connectivity index (χ3n) is 3.57. The van der Waals surface area contributed by atoms with Gasteiger partial charge in [-0.2, -0.15) is 0 Å². The maximum absolute atomic E-state index is 6.02. The fourth-order valence-corrected chi connectivity index (χ4v) is 2.71. The van der Waals surface area contributed by atoms with E-state index in [2.05, 4.69) is 45.5 Å². The molecular weight excluding hydrogens is 350 g/mol. The Morgan fingerprint density at radius 3 is 2.17 bits per heavy atom. The first kappa shape index (κ1) is 15.6. The first-order valence-corrected chi connectivity index (χ1v) is 8.35. The average molecular weight is 368 g/mol. The van der Waals surface area contributed by atoms with Gasteiger partial charge in [0.05, 0.1) is 0 Å². The van der Waals surface area contributed by atoms with Crippen molar-refractivity contribution >= 4 is 21.6 Å². The van der Waals surface area contributed by atoms with Gasteiger partial charge in [-0.25, -0.2) is 0 Å². The molecular formula is C20H18BrNO. The molecule has 116 valence electrons. The molecule has 0 heterocycles. The van der Waals surface area contributed by atoms with E-state index in [0.29, 0.717) is 6.61 Å². The van der Waals surface area contributed by atoms with Crippen LogP contribution >= 0.6 is 15.9 Å². The quantitative estimate of drug-likeness (QED) is 0.608. The third kappa shape index (κ3) is 4.36. The second-order valence-corrected chi connectivity index (χ2v) is 6.06. The smallest absolute Gasteiger partial charge is 0.124 e. The van der Waals surface area contributed by atoms with Crippen LogP contribution in [0.5, 0.6) is 5.75 Å². The Bertz CT molecular complexity index is 758. The summed E-state index contributed by atoms with van der Waals surface area (Å²) in [7, 11) is 0. The van der Waals surface area contributed by atoms with Crippen LogP contribution in [0, 0.1) is 0 Å². The van der Waals surface area contributed by atoms with Crippen LogP contribution in [0.15, 0.2) is 83.3 Å². The van der Waals surface area contributed by atoms with E-state index in [1.165, 1.54) is 0 Å². The Labute approximate surface area is 145 Å². The van der Waals surface area contributed by atoms with Crippen LogP contribution in [0.1, 0.15) is 11.1 Å². The normalized spacial score (nSPS) is 10.3. The Morgan fingerprint density at radius 2 is 1.39 bits per heavy atom. The molecule has 3 aromatic rings. The lowest BCUT2D eigenvalue weighted by Crippen LogP contribution is -2.03. The Kier molecular flexibility index (Phi) is 5.33. The van der Waals surface area contributed by atoms with Gasteiger partial charge in [0.1, 0.15) is 12.4 Å². The molecule has 0 radical (unpaired) electrons. The number of benzene rings is 3. The minimum absolute atomic E-state index is 0.545. The van der Waals surface area contributed by atoms with Gasteiger partial charge in [-0.1, -0.05) is 70.5 Å². The minimum atomic E-state index is 0.545. The molecule has 0 aromatic heterocycles. The first-order valence-electron chi connectivity index (χ1n) is 7.56. The van der Waals surface area contributed by atoms with E-state index in [0.717, 1.165) is 33.6 Å². The number of nitrogens with one attached hydrogen (secondary N) is 1. The molecule has 0 saturated heterocycles. The SMILES string of the molecule is Brc1ccccc1COc1ccccc1CNc1ccccc1. The summed E-state index contributed by atoms with van der Waals surface area (Å²) < 4.78 is 7.09. The minimum Gasteiger partial charge on any atom is -0.489 e. The van der Waals surface area contributed by atoms with Gasteiger partial charge in [-0.05, 0) is 24.3 Å². The van der Waals surface area contributed by atoms with E-state index < -0.39 is 0 Å². The molecule has 0 aliphatic carbocycles. The molecule has 0 aliphatic heterocycles. The molecule has 0 bridgehead atoms. The van der Waals surface area contributed by atoms with Crippen molar-refractivity contribution in [3.8, 4) is 5.75 Å². The summed E-state index contributed by atoms with van der Waals surface area (Å²) in [5, 5.41) is 3.42. The lowest BCUT2D eigenvalue weighted by atomic mass is 10.2. The average Bonchev–Trinajstić information content (AvgIpc) is 2.61. The summed E-state index contributed by atoms with van der Waals surface area (Å²) >= 11 is 3.56. The number of hydrogen-bond acceptors (Lipinski definition) is 2. The highest BCUT2D eigenvalue weighted by Gasteiger charge is 2.05. The van der Waals surface area contributed by atoms with Crippen LogP contribution in [-0.2, 0) is 13.2 Å². The summed E-state index contributed by atoms with van der Waals surface area (Å²) in [6.45, 7) is 1.28. The molecule has 0 aliphatic rings. The van der Waals surface area contributed by atoms with Crippen LogP contribution in [-0.4, -0.2) is 0 Å². The predicted octanol–water partition coefficient (Wildman–Crippen LogP) is 5.64. The molecule has 2 nitrogen and oxygen atoms in total. The number of hydrogen-bond donors (Lipinski definition) is 1. The topological polar surface area (TPSA) is 21.3 Å². The van der Waals surface area contributed by atoms with Crippen molar-refractivity contribution in [3.63, 3.8) is 0 Å². The van der Waals surface area contributed by atoms with Gasteiger partial charge in [-0.15, -0.1) is 0 Å². The molecule has 3 aromatic carbocycles. The maximum atomic E-state index is 6.02. The summed E-state index contributed by atoms with van der Waals surface area (Å²) in [6.07, 6.45) is 0. The van der Waals surface area contributed by atoms with E-state index in [4.69, 9.17) is 4.74 Å². The van der Waals surface area contributed by atoms with Crippen LogP contribution in [0.2, 0.25) is 0 Å². The molecule has 0 fully saturated rings. The molecule has 0 spiro atoms. The molecule has 3 heteroatoms. The van der Waals surface area contributed by atoms with Crippen molar-refractivity contribution in [2.75, 3.05) is 5.32 Å². The van der Waals surface area contributed by atoms with Gasteiger partial charge >= 0.3 is 0 Å². The predicted molar refractivity (Wildman–Crippen MR) is 98.7 cm³/mol. The van der Waals surface area contributed by atoms with Crippen molar-refractivity contribution in [1.82, 2.24) is 0 Å².